The van der Waals surface area contributed by atoms with Gasteiger partial charge in [0.25, 0.3) is 5.69 Å². The van der Waals surface area contributed by atoms with Gasteiger partial charge in [0.1, 0.15) is 6.04 Å². The van der Waals surface area contributed by atoms with Crippen molar-refractivity contribution in [3.05, 3.63) is 46.0 Å². The fraction of sp³-hybridized carbons (Fsp3) is 0.333. The number of unbranched alkanes of at least 4 members (excludes halogenated alkanes) is 1. The summed E-state index contributed by atoms with van der Waals surface area (Å²) in [5.41, 5.74) is 11.1. The number of amides is 2. The van der Waals surface area contributed by atoms with Crippen LogP contribution in [0, 0.1) is 10.1 Å². The van der Waals surface area contributed by atoms with Gasteiger partial charge in [0, 0.05) is 18.2 Å². The second kappa shape index (κ2) is 9.31. The van der Waals surface area contributed by atoms with Crippen molar-refractivity contribution >= 4 is 23.6 Å². The monoisotopic (exact) mass is 320 g/mol. The number of nitrogens with zero attached hydrogens (tertiary/aromatic N) is 1. The van der Waals surface area contributed by atoms with Crippen LogP contribution in [0.3, 0.4) is 0 Å². The number of nitro groups is 1. The molecular weight excluding hydrogens is 300 g/mol. The zero-order chi connectivity index (χ0) is 17.2. The van der Waals surface area contributed by atoms with Crippen molar-refractivity contribution < 1.29 is 14.5 Å². The van der Waals surface area contributed by atoms with Gasteiger partial charge in [-0.25, -0.2) is 0 Å². The molecular formula is C15H20N4O4. The summed E-state index contributed by atoms with van der Waals surface area (Å²) in [6, 6.07) is 5.09. The van der Waals surface area contributed by atoms with E-state index < -0.39 is 22.8 Å². The van der Waals surface area contributed by atoms with Crippen molar-refractivity contribution in [1.82, 2.24) is 5.32 Å². The summed E-state index contributed by atoms with van der Waals surface area (Å²) in [4.78, 5) is 33.3. The standard InChI is InChI=1S/C15H20N4O4/c16-9-2-1-6-13(15(17)21)18-14(20)8-7-11-4-3-5-12(10-11)19(22)23/h3-5,7-8,10,13H,1-2,6,9,16H2,(H2,17,21)(H,18,20)/b8-7+. The molecule has 0 spiro atoms. The number of nitrogens with one attached hydrogen (secondary N) is 1. The third-order valence-electron chi connectivity index (χ3n) is 3.12. The number of benzene rings is 1. The maximum absolute atomic E-state index is 11.8. The highest BCUT2D eigenvalue weighted by atomic mass is 16.6. The minimum absolute atomic E-state index is 0.0654. The van der Waals surface area contributed by atoms with Crippen LogP contribution in [0.25, 0.3) is 6.08 Å². The Morgan fingerprint density at radius 3 is 2.70 bits per heavy atom. The van der Waals surface area contributed by atoms with Crippen molar-refractivity contribution in [2.75, 3.05) is 6.54 Å². The normalized spacial score (nSPS) is 12.0. The zero-order valence-electron chi connectivity index (χ0n) is 12.6. The Hall–Kier alpha value is -2.74. The summed E-state index contributed by atoms with van der Waals surface area (Å²) >= 11 is 0. The summed E-state index contributed by atoms with van der Waals surface area (Å²) < 4.78 is 0. The Bertz CT molecular complexity index is 601. The molecule has 5 N–H and O–H groups in total. The molecule has 8 heteroatoms. The quantitative estimate of drug-likeness (QED) is 0.266. The van der Waals surface area contributed by atoms with Gasteiger partial charge < -0.3 is 16.8 Å². The molecule has 1 aromatic rings. The maximum Gasteiger partial charge on any atom is 0.270 e. The SMILES string of the molecule is NCCCCC(NC(=O)/C=C/c1cccc([N+](=O)[O-])c1)C(N)=O. The Morgan fingerprint density at radius 1 is 1.35 bits per heavy atom. The van der Waals surface area contributed by atoms with Crippen molar-refractivity contribution in [2.24, 2.45) is 11.5 Å². The van der Waals surface area contributed by atoms with Crippen LogP contribution in [0.1, 0.15) is 24.8 Å². The molecule has 1 rings (SSSR count). The van der Waals surface area contributed by atoms with E-state index in [1.165, 1.54) is 30.4 Å². The highest BCUT2D eigenvalue weighted by molar-refractivity contribution is 5.95. The number of rotatable bonds is 9. The van der Waals surface area contributed by atoms with Gasteiger partial charge in [-0.1, -0.05) is 12.1 Å². The number of hydrogen-bond donors (Lipinski definition) is 3. The molecule has 1 atom stereocenters. The van der Waals surface area contributed by atoms with E-state index >= 15 is 0 Å². The molecule has 0 heterocycles. The highest BCUT2D eigenvalue weighted by Gasteiger charge is 2.16. The Kier molecular flexibility index (Phi) is 7.41. The van der Waals surface area contributed by atoms with Crippen molar-refractivity contribution in [1.29, 1.82) is 0 Å². The number of carbonyl (C=O) groups excluding carboxylic acids is 2. The van der Waals surface area contributed by atoms with E-state index in [9.17, 15) is 19.7 Å². The van der Waals surface area contributed by atoms with E-state index in [-0.39, 0.29) is 5.69 Å². The molecule has 23 heavy (non-hydrogen) atoms. The number of nitrogens with two attached hydrogens (primary N) is 2. The second-order valence-corrected chi connectivity index (χ2v) is 4.93. The van der Waals surface area contributed by atoms with Gasteiger partial charge in [-0.15, -0.1) is 0 Å². The van der Waals surface area contributed by atoms with Gasteiger partial charge in [0.05, 0.1) is 4.92 Å². The van der Waals surface area contributed by atoms with E-state index in [4.69, 9.17) is 11.5 Å². The lowest BCUT2D eigenvalue weighted by Gasteiger charge is -2.13. The fourth-order valence-corrected chi connectivity index (χ4v) is 1.91. The number of carbonyl (C=O) groups is 2. The van der Waals surface area contributed by atoms with Gasteiger partial charge in [-0.2, -0.15) is 0 Å². The molecule has 0 radical (unpaired) electrons. The maximum atomic E-state index is 11.8. The Balaban J connectivity index is 2.64. The largest absolute Gasteiger partial charge is 0.368 e. The Morgan fingerprint density at radius 2 is 2.09 bits per heavy atom. The lowest BCUT2D eigenvalue weighted by Crippen LogP contribution is -2.43. The average Bonchev–Trinajstić information content (AvgIpc) is 2.52. The predicted molar refractivity (Wildman–Crippen MR) is 86.2 cm³/mol. The molecule has 1 unspecified atom stereocenters. The molecule has 0 aliphatic heterocycles. The van der Waals surface area contributed by atoms with Crippen molar-refractivity contribution in [2.45, 2.75) is 25.3 Å². The van der Waals surface area contributed by atoms with Crippen LogP contribution in [0.15, 0.2) is 30.3 Å². The lowest BCUT2D eigenvalue weighted by atomic mass is 10.1. The first-order valence-corrected chi connectivity index (χ1v) is 7.16. The van der Waals surface area contributed by atoms with Gasteiger partial charge in [0.2, 0.25) is 11.8 Å². The molecule has 1 aromatic carbocycles. The average molecular weight is 320 g/mol. The van der Waals surface area contributed by atoms with Gasteiger partial charge >= 0.3 is 0 Å². The van der Waals surface area contributed by atoms with Crippen LogP contribution in [-0.2, 0) is 9.59 Å². The molecule has 0 saturated heterocycles. The van der Waals surface area contributed by atoms with Crippen LogP contribution in [-0.4, -0.2) is 29.3 Å². The summed E-state index contributed by atoms with van der Waals surface area (Å²) in [6.45, 7) is 0.506. The van der Waals surface area contributed by atoms with E-state index in [0.29, 0.717) is 24.9 Å². The van der Waals surface area contributed by atoms with E-state index in [1.54, 1.807) is 6.07 Å². The summed E-state index contributed by atoms with van der Waals surface area (Å²) in [5, 5.41) is 13.2. The predicted octanol–water partition coefficient (Wildman–Crippen LogP) is 0.707. The first-order chi connectivity index (χ1) is 10.9. The van der Waals surface area contributed by atoms with E-state index in [1.807, 2.05) is 0 Å². The van der Waals surface area contributed by atoms with Gasteiger partial charge in [0.15, 0.2) is 0 Å². The number of primary amides is 1. The third kappa shape index (κ3) is 6.70. The van der Waals surface area contributed by atoms with E-state index in [2.05, 4.69) is 5.32 Å². The third-order valence-corrected chi connectivity index (χ3v) is 3.12. The second-order valence-electron chi connectivity index (χ2n) is 4.93. The molecule has 124 valence electrons. The summed E-state index contributed by atoms with van der Waals surface area (Å²) in [7, 11) is 0. The molecule has 0 aliphatic rings. The van der Waals surface area contributed by atoms with E-state index in [0.717, 1.165) is 6.42 Å². The molecule has 2 amide bonds. The first-order valence-electron chi connectivity index (χ1n) is 7.16. The summed E-state index contributed by atoms with van der Waals surface area (Å²) in [6.07, 6.45) is 4.48. The van der Waals surface area contributed by atoms with Crippen molar-refractivity contribution in [3.63, 3.8) is 0 Å². The minimum Gasteiger partial charge on any atom is -0.368 e. The molecule has 0 aliphatic carbocycles. The molecule has 0 saturated carbocycles. The van der Waals surface area contributed by atoms with Crippen LogP contribution in [0.4, 0.5) is 5.69 Å². The van der Waals surface area contributed by atoms with Crippen LogP contribution >= 0.6 is 0 Å². The number of nitro benzene ring substituents is 1. The molecule has 0 aromatic heterocycles. The van der Waals surface area contributed by atoms with Crippen LogP contribution in [0.5, 0.6) is 0 Å². The smallest absolute Gasteiger partial charge is 0.270 e. The molecule has 8 nitrogen and oxygen atoms in total. The fourth-order valence-electron chi connectivity index (χ4n) is 1.91. The van der Waals surface area contributed by atoms with Crippen LogP contribution in [0.2, 0.25) is 0 Å². The molecule has 0 bridgehead atoms. The Labute approximate surface area is 133 Å². The molecule has 0 fully saturated rings. The topological polar surface area (TPSA) is 141 Å². The number of non-ortho nitro benzene ring substituents is 1. The number of hydrogen-bond acceptors (Lipinski definition) is 5. The summed E-state index contributed by atoms with van der Waals surface area (Å²) in [5.74, 6) is -1.10. The first kappa shape index (κ1) is 18.3. The zero-order valence-corrected chi connectivity index (χ0v) is 12.6. The van der Waals surface area contributed by atoms with Crippen LogP contribution < -0.4 is 16.8 Å². The van der Waals surface area contributed by atoms with Crippen molar-refractivity contribution in [3.8, 4) is 0 Å². The lowest BCUT2D eigenvalue weighted by molar-refractivity contribution is -0.384. The highest BCUT2D eigenvalue weighted by Crippen LogP contribution is 2.14. The van der Waals surface area contributed by atoms with Gasteiger partial charge in [-0.3, -0.25) is 19.7 Å². The van der Waals surface area contributed by atoms with Gasteiger partial charge in [-0.05, 0) is 37.4 Å². The minimum atomic E-state index is -0.760.